The maximum Gasteiger partial charge on any atom is 0.368 e. The van der Waals surface area contributed by atoms with Crippen molar-refractivity contribution in [3.63, 3.8) is 0 Å². The fourth-order valence-electron chi connectivity index (χ4n) is 1.49. The van der Waals surface area contributed by atoms with Crippen LogP contribution in [0, 0.1) is 0 Å². The van der Waals surface area contributed by atoms with Crippen LogP contribution in [0.2, 0.25) is 0 Å². The van der Waals surface area contributed by atoms with Crippen LogP contribution in [0.25, 0.3) is 0 Å². The zero-order valence-electron chi connectivity index (χ0n) is 9.43. The first-order valence-corrected chi connectivity index (χ1v) is 4.99. The number of aromatic nitrogens is 1. The normalized spacial score (nSPS) is 16.6. The SMILES string of the molecule is CC1(C)OCc2ccnc(C(=O)OC=O)c2O1. The Bertz CT molecular complexity index is 469. The first-order chi connectivity index (χ1) is 8.03. The Morgan fingerprint density at radius 1 is 1.59 bits per heavy atom. The zero-order valence-corrected chi connectivity index (χ0v) is 9.43. The van der Waals surface area contributed by atoms with Gasteiger partial charge in [-0.15, -0.1) is 0 Å². The molecule has 17 heavy (non-hydrogen) atoms. The number of esters is 1. The van der Waals surface area contributed by atoms with Gasteiger partial charge < -0.3 is 14.2 Å². The average molecular weight is 237 g/mol. The maximum absolute atomic E-state index is 11.5. The van der Waals surface area contributed by atoms with Crippen LogP contribution in [0.1, 0.15) is 29.9 Å². The lowest BCUT2D eigenvalue weighted by molar-refractivity contribution is -0.180. The Kier molecular flexibility index (Phi) is 2.81. The second kappa shape index (κ2) is 4.14. The molecule has 90 valence electrons. The summed E-state index contributed by atoms with van der Waals surface area (Å²) in [7, 11) is 0. The molecular formula is C11H11NO5. The Hall–Kier alpha value is -1.95. The molecule has 0 radical (unpaired) electrons. The third kappa shape index (κ3) is 2.26. The van der Waals surface area contributed by atoms with Gasteiger partial charge in [-0.3, -0.25) is 4.79 Å². The molecule has 2 heterocycles. The zero-order chi connectivity index (χ0) is 12.5. The van der Waals surface area contributed by atoms with Crippen LogP contribution in [-0.2, 0) is 20.9 Å². The number of ether oxygens (including phenoxy) is 3. The Morgan fingerprint density at radius 3 is 3.06 bits per heavy atom. The van der Waals surface area contributed by atoms with Gasteiger partial charge in [-0.1, -0.05) is 0 Å². The highest BCUT2D eigenvalue weighted by Crippen LogP contribution is 2.33. The Balaban J connectivity index is 2.42. The van der Waals surface area contributed by atoms with Gasteiger partial charge in [0.05, 0.1) is 6.61 Å². The lowest BCUT2D eigenvalue weighted by Gasteiger charge is -2.32. The van der Waals surface area contributed by atoms with Crippen molar-refractivity contribution in [2.75, 3.05) is 0 Å². The van der Waals surface area contributed by atoms with Gasteiger partial charge in [0.25, 0.3) is 0 Å². The molecule has 0 spiro atoms. The molecule has 0 saturated carbocycles. The lowest BCUT2D eigenvalue weighted by Crippen LogP contribution is -2.36. The molecule has 0 fully saturated rings. The number of hydrogen-bond acceptors (Lipinski definition) is 6. The number of pyridine rings is 1. The number of nitrogens with zero attached hydrogens (tertiary/aromatic N) is 1. The number of carbonyl (C=O) groups is 2. The number of carbonyl (C=O) groups excluding carboxylic acids is 2. The van der Waals surface area contributed by atoms with Crippen LogP contribution in [0.3, 0.4) is 0 Å². The van der Waals surface area contributed by atoms with Crippen molar-refractivity contribution in [3.05, 3.63) is 23.5 Å². The number of fused-ring (bicyclic) bond motifs is 1. The summed E-state index contributed by atoms with van der Waals surface area (Å²) in [5, 5.41) is 0. The summed E-state index contributed by atoms with van der Waals surface area (Å²) in [4.78, 5) is 25.5. The molecule has 0 saturated heterocycles. The first-order valence-electron chi connectivity index (χ1n) is 4.99. The number of rotatable bonds is 2. The van der Waals surface area contributed by atoms with E-state index >= 15 is 0 Å². The average Bonchev–Trinajstić information content (AvgIpc) is 2.27. The molecule has 6 heteroatoms. The lowest BCUT2D eigenvalue weighted by atomic mass is 10.1. The fourth-order valence-corrected chi connectivity index (χ4v) is 1.49. The van der Waals surface area contributed by atoms with Crippen molar-refractivity contribution in [2.24, 2.45) is 0 Å². The van der Waals surface area contributed by atoms with E-state index in [1.165, 1.54) is 6.20 Å². The molecule has 0 atom stereocenters. The molecule has 6 nitrogen and oxygen atoms in total. The molecule has 1 aromatic rings. The topological polar surface area (TPSA) is 74.7 Å². The molecule has 0 unspecified atom stereocenters. The molecule has 0 bridgehead atoms. The predicted octanol–water partition coefficient (Wildman–Crippen LogP) is 1.04. The van der Waals surface area contributed by atoms with Crippen molar-refractivity contribution in [1.82, 2.24) is 4.98 Å². The fraction of sp³-hybridized carbons (Fsp3) is 0.364. The Labute approximate surface area is 97.5 Å². The van der Waals surface area contributed by atoms with E-state index in [4.69, 9.17) is 9.47 Å². The van der Waals surface area contributed by atoms with E-state index in [9.17, 15) is 9.59 Å². The van der Waals surface area contributed by atoms with Gasteiger partial charge in [-0.05, 0) is 6.07 Å². The smallest absolute Gasteiger partial charge is 0.368 e. The highest BCUT2D eigenvalue weighted by molar-refractivity contribution is 5.94. The van der Waals surface area contributed by atoms with Gasteiger partial charge in [0.15, 0.2) is 11.4 Å². The quantitative estimate of drug-likeness (QED) is 0.434. The summed E-state index contributed by atoms with van der Waals surface area (Å²) in [5.41, 5.74) is 0.670. The van der Waals surface area contributed by atoms with Gasteiger partial charge in [0.1, 0.15) is 0 Å². The Morgan fingerprint density at radius 2 is 2.35 bits per heavy atom. The summed E-state index contributed by atoms with van der Waals surface area (Å²) in [6.07, 6.45) is 1.44. The van der Waals surface area contributed by atoms with Gasteiger partial charge >= 0.3 is 12.4 Å². The van der Waals surface area contributed by atoms with Crippen molar-refractivity contribution in [3.8, 4) is 5.75 Å². The third-order valence-electron chi connectivity index (χ3n) is 2.26. The molecule has 2 rings (SSSR count). The van der Waals surface area contributed by atoms with E-state index in [0.29, 0.717) is 17.9 Å². The molecule has 0 N–H and O–H groups in total. The highest BCUT2D eigenvalue weighted by atomic mass is 16.7. The molecule has 0 amide bonds. The minimum Gasteiger partial charge on any atom is -0.460 e. The van der Waals surface area contributed by atoms with Crippen LogP contribution in [-0.4, -0.2) is 23.2 Å². The van der Waals surface area contributed by atoms with Crippen LogP contribution in [0.15, 0.2) is 12.3 Å². The van der Waals surface area contributed by atoms with Gasteiger partial charge in [-0.25, -0.2) is 9.78 Å². The molecular weight excluding hydrogens is 226 g/mol. The van der Waals surface area contributed by atoms with E-state index in [-0.39, 0.29) is 12.2 Å². The first kappa shape index (κ1) is 11.5. The second-order valence-corrected chi connectivity index (χ2v) is 3.94. The van der Waals surface area contributed by atoms with E-state index in [0.717, 1.165) is 0 Å². The maximum atomic E-state index is 11.5. The molecule has 0 aromatic carbocycles. The van der Waals surface area contributed by atoms with Crippen LogP contribution in [0.5, 0.6) is 5.75 Å². The van der Waals surface area contributed by atoms with Crippen LogP contribution >= 0.6 is 0 Å². The van der Waals surface area contributed by atoms with E-state index in [1.807, 2.05) is 0 Å². The van der Waals surface area contributed by atoms with Crippen LogP contribution < -0.4 is 4.74 Å². The van der Waals surface area contributed by atoms with E-state index in [2.05, 4.69) is 9.72 Å². The van der Waals surface area contributed by atoms with Gasteiger partial charge in [0, 0.05) is 25.6 Å². The second-order valence-electron chi connectivity index (χ2n) is 3.94. The van der Waals surface area contributed by atoms with Crippen LogP contribution in [0.4, 0.5) is 0 Å². The van der Waals surface area contributed by atoms with Gasteiger partial charge in [-0.2, -0.15) is 0 Å². The summed E-state index contributed by atoms with van der Waals surface area (Å²) >= 11 is 0. The van der Waals surface area contributed by atoms with E-state index in [1.54, 1.807) is 19.9 Å². The minimum absolute atomic E-state index is 0.0222. The molecule has 0 aliphatic carbocycles. The summed E-state index contributed by atoms with van der Waals surface area (Å²) in [6, 6.07) is 1.68. The summed E-state index contributed by atoms with van der Waals surface area (Å²) < 4.78 is 15.2. The standard InChI is InChI=1S/C11H11NO5/c1-11(2)16-5-7-3-4-12-8(9(7)17-11)10(14)15-6-13/h3-4,6H,5H2,1-2H3. The van der Waals surface area contributed by atoms with Crippen molar-refractivity contribution in [2.45, 2.75) is 26.2 Å². The van der Waals surface area contributed by atoms with Crippen molar-refractivity contribution >= 4 is 12.4 Å². The monoisotopic (exact) mass is 237 g/mol. The summed E-state index contributed by atoms with van der Waals surface area (Å²) in [5.74, 6) is -1.38. The number of hydrogen-bond donors (Lipinski definition) is 0. The minimum atomic E-state index is -0.841. The van der Waals surface area contributed by atoms with Crippen molar-refractivity contribution < 1.29 is 23.8 Å². The largest absolute Gasteiger partial charge is 0.460 e. The molecule has 1 aromatic heterocycles. The summed E-state index contributed by atoms with van der Waals surface area (Å²) in [6.45, 7) is 3.82. The van der Waals surface area contributed by atoms with Crippen molar-refractivity contribution in [1.29, 1.82) is 0 Å². The molecule has 1 aliphatic heterocycles. The third-order valence-corrected chi connectivity index (χ3v) is 2.26. The predicted molar refractivity (Wildman–Crippen MR) is 55.2 cm³/mol. The van der Waals surface area contributed by atoms with E-state index < -0.39 is 11.8 Å². The highest BCUT2D eigenvalue weighted by Gasteiger charge is 2.31. The van der Waals surface area contributed by atoms with Gasteiger partial charge in [0.2, 0.25) is 5.79 Å². The molecule has 1 aliphatic rings.